The molecule has 2 aliphatic rings. The summed E-state index contributed by atoms with van der Waals surface area (Å²) >= 11 is 0. The van der Waals surface area contributed by atoms with Crippen LogP contribution in [-0.2, 0) is 18.8 Å². The van der Waals surface area contributed by atoms with E-state index in [0.717, 1.165) is 62.3 Å². The lowest BCUT2D eigenvalue weighted by atomic mass is 9.91. The van der Waals surface area contributed by atoms with E-state index < -0.39 is 34.5 Å². The first-order valence-corrected chi connectivity index (χ1v) is 13.2. The first kappa shape index (κ1) is 26.7. The van der Waals surface area contributed by atoms with E-state index in [1.54, 1.807) is 13.8 Å². The maximum atomic E-state index is 15.5. The van der Waals surface area contributed by atoms with Crippen LogP contribution in [0.5, 0.6) is 0 Å². The standard InChI is InChI=1S/C29H35F3N4O2/c1-16(18-8-7-11-22(24(18)30)29(31,32)27(3,4)37)33-26-21-14-23(36-13-12-28(5,38)15-36)19-9-6-10-20(19)25(21)34-17(2)35-26/h7-8,11,14,16,37-38H,6,9-10,12-13,15H2,1-5H3,(H,33,34,35)/t16-,28-/m1/s1. The van der Waals surface area contributed by atoms with Crippen LogP contribution in [0.15, 0.2) is 24.3 Å². The van der Waals surface area contributed by atoms with Gasteiger partial charge < -0.3 is 20.4 Å². The first-order valence-electron chi connectivity index (χ1n) is 13.2. The van der Waals surface area contributed by atoms with Crippen LogP contribution in [0.1, 0.15) is 74.7 Å². The molecule has 0 bridgehead atoms. The van der Waals surface area contributed by atoms with Crippen LogP contribution in [0, 0.1) is 12.7 Å². The van der Waals surface area contributed by atoms with E-state index in [-0.39, 0.29) is 5.56 Å². The van der Waals surface area contributed by atoms with Gasteiger partial charge in [-0.2, -0.15) is 8.78 Å². The minimum Gasteiger partial charge on any atom is -0.388 e. The summed E-state index contributed by atoms with van der Waals surface area (Å²) in [6.45, 7) is 8.54. The van der Waals surface area contributed by atoms with Gasteiger partial charge in [-0.05, 0) is 83.6 Å². The Morgan fingerprint density at radius 1 is 1.16 bits per heavy atom. The molecule has 0 radical (unpaired) electrons. The van der Waals surface area contributed by atoms with Gasteiger partial charge in [-0.15, -0.1) is 0 Å². The van der Waals surface area contributed by atoms with Gasteiger partial charge in [0.2, 0.25) is 0 Å². The highest BCUT2D eigenvalue weighted by Crippen LogP contribution is 2.43. The Kier molecular flexibility index (Phi) is 6.38. The van der Waals surface area contributed by atoms with Crippen LogP contribution in [-0.4, -0.2) is 44.5 Å². The van der Waals surface area contributed by atoms with Crippen molar-refractivity contribution >= 4 is 22.4 Å². The van der Waals surface area contributed by atoms with Crippen molar-refractivity contribution < 1.29 is 23.4 Å². The molecule has 1 aliphatic carbocycles. The Hall–Kier alpha value is -2.91. The summed E-state index contributed by atoms with van der Waals surface area (Å²) in [5.74, 6) is -3.78. The number of aryl methyl sites for hydroxylation is 2. The Balaban J connectivity index is 1.58. The first-order chi connectivity index (χ1) is 17.7. The van der Waals surface area contributed by atoms with Crippen molar-refractivity contribution in [1.29, 1.82) is 0 Å². The van der Waals surface area contributed by atoms with Crippen LogP contribution < -0.4 is 10.2 Å². The SMILES string of the molecule is Cc1nc(N[C@H](C)c2cccc(C(F)(F)C(C)(C)O)c2F)c2cc(N3CC[C@@](C)(O)C3)c3c(c2n1)CCC3. The minimum atomic E-state index is -3.78. The molecule has 0 saturated carbocycles. The number of alkyl halides is 2. The molecule has 1 aliphatic heterocycles. The van der Waals surface area contributed by atoms with Crippen molar-refractivity contribution in [2.24, 2.45) is 0 Å². The second-order valence-corrected chi connectivity index (χ2v) is 11.6. The zero-order valence-electron chi connectivity index (χ0n) is 22.5. The summed E-state index contributed by atoms with van der Waals surface area (Å²) in [6.07, 6.45) is 3.52. The number of hydrogen-bond acceptors (Lipinski definition) is 6. The number of benzene rings is 2. The summed E-state index contributed by atoms with van der Waals surface area (Å²) in [4.78, 5) is 11.6. The topological polar surface area (TPSA) is 81.5 Å². The molecule has 9 heteroatoms. The van der Waals surface area contributed by atoms with Crippen molar-refractivity contribution in [1.82, 2.24) is 9.97 Å². The van der Waals surface area contributed by atoms with Crippen molar-refractivity contribution in [2.45, 2.75) is 83.5 Å². The third kappa shape index (κ3) is 4.49. The van der Waals surface area contributed by atoms with Gasteiger partial charge >= 0.3 is 5.92 Å². The van der Waals surface area contributed by atoms with Crippen LogP contribution in [0.25, 0.3) is 10.9 Å². The molecule has 3 N–H and O–H groups in total. The van der Waals surface area contributed by atoms with Gasteiger partial charge in [0.05, 0.1) is 22.7 Å². The van der Waals surface area contributed by atoms with Crippen LogP contribution in [0.2, 0.25) is 0 Å². The molecule has 0 amide bonds. The second-order valence-electron chi connectivity index (χ2n) is 11.6. The van der Waals surface area contributed by atoms with E-state index >= 15 is 4.39 Å². The summed E-state index contributed by atoms with van der Waals surface area (Å²) in [6, 6.07) is 5.19. The van der Waals surface area contributed by atoms with Crippen LogP contribution in [0.4, 0.5) is 24.7 Å². The fourth-order valence-corrected chi connectivity index (χ4v) is 5.74. The Morgan fingerprint density at radius 2 is 1.87 bits per heavy atom. The molecule has 1 aromatic heterocycles. The zero-order valence-corrected chi connectivity index (χ0v) is 22.5. The van der Waals surface area contributed by atoms with Crippen molar-refractivity contribution in [3.05, 3.63) is 58.2 Å². The number of halogens is 3. The highest BCUT2D eigenvalue weighted by atomic mass is 19.3. The number of nitrogens with zero attached hydrogens (tertiary/aromatic N) is 3. The van der Waals surface area contributed by atoms with Gasteiger partial charge in [0, 0.05) is 29.7 Å². The zero-order chi connectivity index (χ0) is 27.6. The quantitative estimate of drug-likeness (QED) is 0.389. The predicted octanol–water partition coefficient (Wildman–Crippen LogP) is 5.56. The Bertz CT molecular complexity index is 1400. The third-order valence-corrected chi connectivity index (χ3v) is 7.90. The van der Waals surface area contributed by atoms with Gasteiger partial charge in [-0.25, -0.2) is 14.4 Å². The average molecular weight is 529 g/mol. The molecule has 1 fully saturated rings. The van der Waals surface area contributed by atoms with Crippen LogP contribution in [0.3, 0.4) is 0 Å². The van der Waals surface area contributed by atoms with E-state index in [1.807, 2.05) is 13.0 Å². The minimum absolute atomic E-state index is 0.0489. The van der Waals surface area contributed by atoms with Gasteiger partial charge in [-0.3, -0.25) is 0 Å². The van der Waals surface area contributed by atoms with Gasteiger partial charge in [0.15, 0.2) is 0 Å². The lowest BCUT2D eigenvalue weighted by molar-refractivity contribution is -0.170. The molecule has 38 heavy (non-hydrogen) atoms. The maximum Gasteiger partial charge on any atom is 0.303 e. The van der Waals surface area contributed by atoms with Gasteiger partial charge in [-0.1, -0.05) is 12.1 Å². The predicted molar refractivity (Wildman–Crippen MR) is 142 cm³/mol. The molecule has 3 aromatic rings. The van der Waals surface area contributed by atoms with Crippen molar-refractivity contribution in [2.75, 3.05) is 23.3 Å². The molecule has 5 rings (SSSR count). The normalized spacial score (nSPS) is 20.7. The van der Waals surface area contributed by atoms with Crippen molar-refractivity contribution in [3.8, 4) is 0 Å². The molecule has 6 nitrogen and oxygen atoms in total. The fourth-order valence-electron chi connectivity index (χ4n) is 5.74. The molecule has 0 spiro atoms. The van der Waals surface area contributed by atoms with E-state index in [4.69, 9.17) is 4.98 Å². The fraction of sp³-hybridized carbons (Fsp3) is 0.517. The number of β-amino-alcohol motifs (C(OH)–C–C–N with tert-alkyl or cyclic N) is 1. The number of aromatic nitrogens is 2. The number of aliphatic hydroxyl groups is 2. The highest BCUT2D eigenvalue weighted by Gasteiger charge is 2.49. The summed E-state index contributed by atoms with van der Waals surface area (Å²) in [5, 5.41) is 24.6. The highest BCUT2D eigenvalue weighted by molar-refractivity contribution is 5.96. The molecular weight excluding hydrogens is 493 g/mol. The van der Waals surface area contributed by atoms with Gasteiger partial charge in [0.25, 0.3) is 0 Å². The number of hydrogen-bond donors (Lipinski definition) is 3. The van der Waals surface area contributed by atoms with E-state index in [0.29, 0.717) is 24.6 Å². The van der Waals surface area contributed by atoms with Crippen LogP contribution >= 0.6 is 0 Å². The molecular formula is C29H35F3N4O2. The maximum absolute atomic E-state index is 15.5. The summed E-state index contributed by atoms with van der Waals surface area (Å²) in [5.41, 5.74) is 0.339. The van der Waals surface area contributed by atoms with E-state index in [9.17, 15) is 19.0 Å². The monoisotopic (exact) mass is 528 g/mol. The lowest BCUT2D eigenvalue weighted by Gasteiger charge is -2.30. The molecule has 0 unspecified atom stereocenters. The molecule has 2 atom stereocenters. The largest absolute Gasteiger partial charge is 0.388 e. The molecule has 1 saturated heterocycles. The summed E-state index contributed by atoms with van der Waals surface area (Å²) in [7, 11) is 0. The number of fused-ring (bicyclic) bond motifs is 3. The molecule has 2 heterocycles. The Labute approximate surface area is 220 Å². The van der Waals surface area contributed by atoms with Gasteiger partial charge in [0.1, 0.15) is 23.1 Å². The van der Waals surface area contributed by atoms with E-state index in [1.165, 1.54) is 23.3 Å². The number of nitrogens with one attached hydrogen (secondary N) is 1. The number of rotatable bonds is 6. The third-order valence-electron chi connectivity index (χ3n) is 7.90. The average Bonchev–Trinajstić information content (AvgIpc) is 3.44. The lowest BCUT2D eigenvalue weighted by Crippen LogP contribution is -2.41. The summed E-state index contributed by atoms with van der Waals surface area (Å²) < 4.78 is 45.2. The number of anilines is 2. The molecule has 204 valence electrons. The smallest absolute Gasteiger partial charge is 0.303 e. The molecule has 2 aromatic carbocycles. The van der Waals surface area contributed by atoms with E-state index in [2.05, 4.69) is 15.2 Å². The Morgan fingerprint density at radius 3 is 2.53 bits per heavy atom. The van der Waals surface area contributed by atoms with Crippen molar-refractivity contribution in [3.63, 3.8) is 0 Å². The second kappa shape index (κ2) is 9.09.